The highest BCUT2D eigenvalue weighted by Crippen LogP contribution is 2.26. The number of rotatable bonds is 55. The maximum absolute atomic E-state index is 13.5. The third-order valence-corrected chi connectivity index (χ3v) is 15.0. The van der Waals surface area contributed by atoms with Crippen LogP contribution in [0.3, 0.4) is 0 Å². The molecule has 466 valence electrons. The Balaban J connectivity index is 2.62. The van der Waals surface area contributed by atoms with E-state index in [-0.39, 0.29) is 19.4 Å². The fraction of sp³-hybridized carbons (Fsp3) is 0.743. The van der Waals surface area contributed by atoms with Crippen LogP contribution in [-0.2, 0) is 23.8 Å². The van der Waals surface area contributed by atoms with Gasteiger partial charge < -0.3 is 45.1 Å². The number of nitrogens with one attached hydrogen (secondary N) is 1. The van der Waals surface area contributed by atoms with Gasteiger partial charge in [-0.1, -0.05) is 266 Å². The molecule has 1 saturated heterocycles. The molecule has 1 heterocycles. The summed E-state index contributed by atoms with van der Waals surface area (Å²) in [4.78, 5) is 26.6. The Morgan fingerprint density at radius 2 is 0.889 bits per heavy atom. The molecule has 0 saturated carbocycles. The monoisotopic (exact) mass is 1140 g/mol. The summed E-state index contributed by atoms with van der Waals surface area (Å²) in [6, 6.07) is -1.04. The average molecular weight is 1140 g/mol. The van der Waals surface area contributed by atoms with Crippen molar-refractivity contribution in [1.82, 2.24) is 5.32 Å². The molecule has 1 amide bonds. The molecule has 0 bridgehead atoms. The Morgan fingerprint density at radius 3 is 1.36 bits per heavy atom. The van der Waals surface area contributed by atoms with E-state index >= 15 is 0 Å². The van der Waals surface area contributed by atoms with Crippen LogP contribution in [0.1, 0.15) is 271 Å². The Kier molecular flexibility index (Phi) is 53.2. The first kappa shape index (κ1) is 75.6. The molecule has 81 heavy (non-hydrogen) atoms. The van der Waals surface area contributed by atoms with Crippen molar-refractivity contribution in [3.05, 3.63) is 97.2 Å². The third kappa shape index (κ3) is 44.7. The number of esters is 1. The molecule has 0 aromatic rings. The Bertz CT molecular complexity index is 1690. The second-order valence-corrected chi connectivity index (χ2v) is 22.5. The van der Waals surface area contributed by atoms with E-state index in [0.29, 0.717) is 19.3 Å². The van der Waals surface area contributed by atoms with E-state index in [1.807, 2.05) is 18.2 Å². The van der Waals surface area contributed by atoms with E-state index in [9.17, 15) is 35.1 Å². The van der Waals surface area contributed by atoms with Gasteiger partial charge in [0.2, 0.25) is 5.91 Å². The van der Waals surface area contributed by atoms with E-state index < -0.39 is 67.4 Å². The summed E-state index contributed by atoms with van der Waals surface area (Å²) in [6.07, 6.45) is 66.0. The van der Waals surface area contributed by atoms with Gasteiger partial charge in [0.15, 0.2) is 12.4 Å². The van der Waals surface area contributed by atoms with Gasteiger partial charge in [-0.3, -0.25) is 9.59 Å². The van der Waals surface area contributed by atoms with E-state index in [0.717, 1.165) is 83.5 Å². The largest absolute Gasteiger partial charge is 0.454 e. The molecule has 0 aliphatic carbocycles. The lowest BCUT2D eigenvalue weighted by Gasteiger charge is -2.41. The number of aliphatic hydroxyl groups is 5. The second-order valence-electron chi connectivity index (χ2n) is 22.5. The lowest BCUT2D eigenvalue weighted by Crippen LogP contribution is -2.61. The van der Waals surface area contributed by atoms with Gasteiger partial charge in [-0.05, 0) is 96.3 Å². The van der Waals surface area contributed by atoms with Gasteiger partial charge in [0.1, 0.15) is 24.4 Å². The topological polar surface area (TPSA) is 175 Å². The predicted octanol–water partition coefficient (Wildman–Crippen LogP) is 16.3. The van der Waals surface area contributed by atoms with Crippen molar-refractivity contribution in [1.29, 1.82) is 0 Å². The summed E-state index contributed by atoms with van der Waals surface area (Å²) in [7, 11) is 0. The number of allylic oxidation sites excluding steroid dienone is 15. The minimum absolute atomic E-state index is 0.0419. The summed E-state index contributed by atoms with van der Waals surface area (Å²) in [5.74, 6) is -1.26. The molecule has 8 atom stereocenters. The number of hydrogen-bond donors (Lipinski definition) is 6. The zero-order chi connectivity index (χ0) is 58.9. The summed E-state index contributed by atoms with van der Waals surface area (Å²) in [6.45, 7) is 5.62. The molecule has 8 unspecified atom stereocenters. The van der Waals surface area contributed by atoms with Crippen molar-refractivity contribution in [3.63, 3.8) is 0 Å². The first-order valence-electron chi connectivity index (χ1n) is 33.0. The standard InChI is InChI=1S/C70H121NO10/c1-4-7-10-13-16-19-22-24-26-28-29-30-31-32-33-34-36-37-39-42-45-48-51-54-57-63(74)69(78)71-61(62(73)56-53-50-47-44-41-21-18-15-12-9-6-3)60-79-70-68(67(77)66(76)64(59-72)80-70)81-65(75)58-55-52-49-46-43-40-38-35-27-25-23-20-17-14-11-8-5-2/h8,11,16-17,19-20,24-27,38,40,46,49,53,56,61-64,66-68,70,72-74,76-77H,4-7,9-10,12-15,18,21-23,28-37,39,41-45,47-48,50-52,54-55,57-60H2,1-3H3,(H,71,78)/b11-8-,19-16-,20-17-,26-24-,27-25-,40-38-,49-46-,56-53+. The van der Waals surface area contributed by atoms with Crippen molar-refractivity contribution >= 4 is 11.9 Å². The van der Waals surface area contributed by atoms with E-state index in [4.69, 9.17) is 14.2 Å². The van der Waals surface area contributed by atoms with Crippen molar-refractivity contribution < 1.29 is 49.3 Å². The number of aliphatic hydroxyl groups excluding tert-OH is 5. The zero-order valence-electron chi connectivity index (χ0n) is 51.6. The van der Waals surface area contributed by atoms with Crippen molar-refractivity contribution in [2.24, 2.45) is 0 Å². The van der Waals surface area contributed by atoms with Gasteiger partial charge in [-0.2, -0.15) is 0 Å². The molecular formula is C70H121NO10. The summed E-state index contributed by atoms with van der Waals surface area (Å²) in [5, 5.41) is 57.0. The van der Waals surface area contributed by atoms with Gasteiger partial charge in [-0.25, -0.2) is 0 Å². The first-order valence-corrected chi connectivity index (χ1v) is 33.0. The first-order chi connectivity index (χ1) is 39.7. The van der Waals surface area contributed by atoms with Crippen molar-refractivity contribution in [2.75, 3.05) is 13.2 Å². The Labute approximate surface area is 495 Å². The minimum Gasteiger partial charge on any atom is -0.454 e. The maximum Gasteiger partial charge on any atom is 0.306 e. The quantitative estimate of drug-likeness (QED) is 0.0195. The number of amides is 1. The smallest absolute Gasteiger partial charge is 0.306 e. The van der Waals surface area contributed by atoms with Crippen LogP contribution in [0.15, 0.2) is 97.2 Å². The van der Waals surface area contributed by atoms with Crippen molar-refractivity contribution in [3.8, 4) is 0 Å². The highest BCUT2D eigenvalue weighted by atomic mass is 16.7. The molecule has 0 radical (unpaired) electrons. The highest BCUT2D eigenvalue weighted by molar-refractivity contribution is 5.80. The van der Waals surface area contributed by atoms with Gasteiger partial charge in [-0.15, -0.1) is 0 Å². The number of hydrogen-bond acceptors (Lipinski definition) is 10. The SMILES string of the molecule is CC/C=C\C/C=C\C/C=C\C/C=C\C/C=C\CCCC(=O)OC1C(OCC(NC(=O)C(O)CCCCCCCCCCCCCCCC/C=C\C/C=C\CCCCC)C(O)/C=C/CCCCCCCCCCC)OC(CO)C(O)C1O. The van der Waals surface area contributed by atoms with Crippen LogP contribution in [0.2, 0.25) is 0 Å². The molecule has 11 nitrogen and oxygen atoms in total. The normalized spacial score (nSPS) is 19.3. The molecule has 1 aliphatic rings. The van der Waals surface area contributed by atoms with Gasteiger partial charge in [0.05, 0.1) is 25.4 Å². The van der Waals surface area contributed by atoms with Crippen LogP contribution in [-0.4, -0.2) is 99.6 Å². The molecule has 6 N–H and O–H groups in total. The second kappa shape index (κ2) is 57.0. The van der Waals surface area contributed by atoms with Crippen LogP contribution in [0.25, 0.3) is 0 Å². The molecule has 1 aliphatic heterocycles. The van der Waals surface area contributed by atoms with E-state index in [1.165, 1.54) is 135 Å². The fourth-order valence-corrected chi connectivity index (χ4v) is 9.78. The summed E-state index contributed by atoms with van der Waals surface area (Å²) in [5.41, 5.74) is 0. The summed E-state index contributed by atoms with van der Waals surface area (Å²) >= 11 is 0. The predicted molar refractivity (Wildman–Crippen MR) is 338 cm³/mol. The maximum atomic E-state index is 13.5. The Hall–Kier alpha value is -3.42. The number of ether oxygens (including phenoxy) is 3. The molecular weight excluding hydrogens is 1010 g/mol. The lowest BCUT2D eigenvalue weighted by atomic mass is 9.99. The number of unbranched alkanes of at least 4 members (excludes halogenated alkanes) is 27. The van der Waals surface area contributed by atoms with Gasteiger partial charge in [0.25, 0.3) is 0 Å². The van der Waals surface area contributed by atoms with E-state index in [2.05, 4.69) is 99.0 Å². The van der Waals surface area contributed by atoms with Crippen LogP contribution >= 0.6 is 0 Å². The minimum atomic E-state index is -1.64. The Morgan fingerprint density at radius 1 is 0.494 bits per heavy atom. The zero-order valence-corrected chi connectivity index (χ0v) is 51.6. The van der Waals surface area contributed by atoms with Crippen LogP contribution in [0.5, 0.6) is 0 Å². The molecule has 0 spiro atoms. The molecule has 1 rings (SSSR count). The van der Waals surface area contributed by atoms with Crippen molar-refractivity contribution in [2.45, 2.75) is 320 Å². The number of carbonyl (C=O) groups excluding carboxylic acids is 2. The molecule has 0 aromatic carbocycles. The fourth-order valence-electron chi connectivity index (χ4n) is 9.78. The summed E-state index contributed by atoms with van der Waals surface area (Å²) < 4.78 is 17.6. The van der Waals surface area contributed by atoms with Crippen LogP contribution in [0.4, 0.5) is 0 Å². The van der Waals surface area contributed by atoms with Gasteiger partial charge >= 0.3 is 5.97 Å². The third-order valence-electron chi connectivity index (χ3n) is 15.0. The molecule has 1 fully saturated rings. The lowest BCUT2D eigenvalue weighted by molar-refractivity contribution is -0.305. The number of carbonyl (C=O) groups is 2. The average Bonchev–Trinajstić information content (AvgIpc) is 3.52. The van der Waals surface area contributed by atoms with Crippen LogP contribution < -0.4 is 5.32 Å². The van der Waals surface area contributed by atoms with Gasteiger partial charge in [0, 0.05) is 6.42 Å². The van der Waals surface area contributed by atoms with Crippen LogP contribution in [0, 0.1) is 0 Å². The molecule has 0 aromatic heterocycles. The highest BCUT2D eigenvalue weighted by Gasteiger charge is 2.47. The van der Waals surface area contributed by atoms with E-state index in [1.54, 1.807) is 6.08 Å². The molecule has 11 heteroatoms.